The largest absolute Gasteiger partial charge is 0.489 e. The van der Waals surface area contributed by atoms with Gasteiger partial charge in [-0.25, -0.2) is 4.39 Å². The second-order valence-corrected chi connectivity index (χ2v) is 4.39. The van der Waals surface area contributed by atoms with Crippen LogP contribution >= 0.6 is 0 Å². The second-order valence-electron chi connectivity index (χ2n) is 4.39. The lowest BCUT2D eigenvalue weighted by Gasteiger charge is -2.08. The summed E-state index contributed by atoms with van der Waals surface area (Å²) in [6.07, 6.45) is 0.819. The molecule has 0 aromatic heterocycles. The van der Waals surface area contributed by atoms with Crippen LogP contribution in [0.2, 0.25) is 0 Å². The number of halogens is 1. The van der Waals surface area contributed by atoms with Crippen LogP contribution in [0, 0.1) is 17.1 Å². The van der Waals surface area contributed by atoms with Gasteiger partial charge in [0, 0.05) is 5.56 Å². The molecule has 0 spiro atoms. The molecule has 0 aliphatic heterocycles. The number of rotatable bonds is 5. The molecule has 0 bridgehead atoms. The van der Waals surface area contributed by atoms with Crippen molar-refractivity contribution in [3.8, 4) is 11.8 Å². The van der Waals surface area contributed by atoms with Gasteiger partial charge in [0.05, 0.1) is 11.6 Å². The molecule has 2 aromatic rings. The average Bonchev–Trinajstić information content (AvgIpc) is 2.48. The van der Waals surface area contributed by atoms with Crippen molar-refractivity contribution in [2.75, 3.05) is 6.54 Å². The Bertz CT molecular complexity index is 617. The Morgan fingerprint density at radius 1 is 1.15 bits per heavy atom. The lowest BCUT2D eigenvalue weighted by molar-refractivity contribution is 0.299. The van der Waals surface area contributed by atoms with E-state index < -0.39 is 0 Å². The smallest absolute Gasteiger partial charge is 0.129 e. The number of ether oxygens (including phenoxy) is 1. The fraction of sp³-hybridized carbons (Fsp3) is 0.188. The topological polar surface area (TPSA) is 59.0 Å². The Morgan fingerprint density at radius 3 is 2.55 bits per heavy atom. The van der Waals surface area contributed by atoms with E-state index in [1.807, 2.05) is 30.3 Å². The highest BCUT2D eigenvalue weighted by atomic mass is 19.1. The first-order chi connectivity index (χ1) is 9.72. The summed E-state index contributed by atoms with van der Waals surface area (Å²) >= 11 is 0. The number of benzene rings is 2. The molecule has 0 aliphatic rings. The van der Waals surface area contributed by atoms with Gasteiger partial charge in [-0.05, 0) is 48.9 Å². The third kappa shape index (κ3) is 3.56. The molecule has 0 saturated carbocycles. The van der Waals surface area contributed by atoms with Crippen molar-refractivity contribution in [2.24, 2.45) is 5.73 Å². The molecule has 2 rings (SSSR count). The Morgan fingerprint density at radius 2 is 1.90 bits per heavy atom. The maximum absolute atomic E-state index is 13.6. The molecule has 0 amide bonds. The van der Waals surface area contributed by atoms with Crippen molar-refractivity contribution < 1.29 is 9.13 Å². The van der Waals surface area contributed by atoms with E-state index in [1.165, 1.54) is 18.2 Å². The summed E-state index contributed by atoms with van der Waals surface area (Å²) in [5.41, 5.74) is 7.40. The quantitative estimate of drug-likeness (QED) is 0.908. The van der Waals surface area contributed by atoms with Crippen LogP contribution in [0.15, 0.2) is 42.5 Å². The predicted molar refractivity (Wildman–Crippen MR) is 74.6 cm³/mol. The summed E-state index contributed by atoms with van der Waals surface area (Å²) in [6, 6.07) is 13.7. The van der Waals surface area contributed by atoms with Crippen LogP contribution in [0.1, 0.15) is 16.7 Å². The van der Waals surface area contributed by atoms with Gasteiger partial charge in [0.25, 0.3) is 0 Å². The molecule has 0 atom stereocenters. The Labute approximate surface area is 117 Å². The second kappa shape index (κ2) is 6.69. The normalized spacial score (nSPS) is 10.1. The molecular formula is C16H15FN2O. The first-order valence-electron chi connectivity index (χ1n) is 6.33. The van der Waals surface area contributed by atoms with E-state index in [9.17, 15) is 4.39 Å². The minimum atomic E-state index is -0.372. The molecule has 0 fully saturated rings. The van der Waals surface area contributed by atoms with Crippen LogP contribution in [0.3, 0.4) is 0 Å². The van der Waals surface area contributed by atoms with Crippen molar-refractivity contribution in [1.29, 1.82) is 5.26 Å². The molecule has 2 aromatic carbocycles. The maximum atomic E-state index is 13.6. The van der Waals surface area contributed by atoms with Crippen molar-refractivity contribution in [3.05, 3.63) is 65.0 Å². The van der Waals surface area contributed by atoms with E-state index >= 15 is 0 Å². The van der Waals surface area contributed by atoms with Crippen LogP contribution in [0.4, 0.5) is 4.39 Å². The van der Waals surface area contributed by atoms with Crippen LogP contribution in [0.5, 0.6) is 5.75 Å². The molecule has 0 unspecified atom stereocenters. The van der Waals surface area contributed by atoms with Crippen molar-refractivity contribution >= 4 is 0 Å². The fourth-order valence-electron chi connectivity index (χ4n) is 1.83. The predicted octanol–water partition coefficient (Wildman–Crippen LogP) is 2.78. The SMILES string of the molecule is N#Cc1ccc(F)c(COc2ccc(CCN)cc2)c1. The molecular weight excluding hydrogens is 255 g/mol. The summed E-state index contributed by atoms with van der Waals surface area (Å²) in [7, 11) is 0. The van der Waals surface area contributed by atoms with Crippen LogP contribution < -0.4 is 10.5 Å². The summed E-state index contributed by atoms with van der Waals surface area (Å²) in [6.45, 7) is 0.698. The van der Waals surface area contributed by atoms with Crippen LogP contribution in [-0.4, -0.2) is 6.54 Å². The number of hydrogen-bond donors (Lipinski definition) is 1. The van der Waals surface area contributed by atoms with Crippen LogP contribution in [-0.2, 0) is 13.0 Å². The van der Waals surface area contributed by atoms with E-state index in [0.717, 1.165) is 12.0 Å². The average molecular weight is 270 g/mol. The molecule has 3 nitrogen and oxygen atoms in total. The van der Waals surface area contributed by atoms with Crippen molar-refractivity contribution in [2.45, 2.75) is 13.0 Å². The minimum absolute atomic E-state index is 0.0948. The molecule has 0 heterocycles. The Balaban J connectivity index is 2.03. The zero-order valence-electron chi connectivity index (χ0n) is 11.0. The van der Waals surface area contributed by atoms with E-state index in [1.54, 1.807) is 0 Å². The van der Waals surface area contributed by atoms with E-state index in [2.05, 4.69) is 0 Å². The molecule has 20 heavy (non-hydrogen) atoms. The highest BCUT2D eigenvalue weighted by molar-refractivity contribution is 5.34. The highest BCUT2D eigenvalue weighted by Crippen LogP contribution is 2.16. The fourth-order valence-corrected chi connectivity index (χ4v) is 1.83. The molecule has 0 saturated heterocycles. The standard InChI is InChI=1S/C16H15FN2O/c17-16-6-3-13(10-19)9-14(16)11-20-15-4-1-12(2-5-15)7-8-18/h1-6,9H,7-8,11,18H2. The Kier molecular flexibility index (Phi) is 4.70. The first kappa shape index (κ1) is 14.0. The molecule has 102 valence electrons. The van der Waals surface area contributed by atoms with Gasteiger partial charge in [0.2, 0.25) is 0 Å². The molecule has 2 N–H and O–H groups in total. The van der Waals surface area contributed by atoms with E-state index in [0.29, 0.717) is 23.4 Å². The summed E-state index contributed by atoms with van der Waals surface area (Å²) in [4.78, 5) is 0. The number of nitriles is 1. The third-order valence-corrected chi connectivity index (χ3v) is 2.93. The summed E-state index contributed by atoms with van der Waals surface area (Å²) in [5, 5.41) is 8.80. The molecule has 0 radical (unpaired) electrons. The van der Waals surface area contributed by atoms with Gasteiger partial charge in [0.15, 0.2) is 0 Å². The van der Waals surface area contributed by atoms with Gasteiger partial charge in [-0.15, -0.1) is 0 Å². The highest BCUT2D eigenvalue weighted by Gasteiger charge is 2.05. The summed E-state index contributed by atoms with van der Waals surface area (Å²) in [5.74, 6) is 0.288. The van der Waals surface area contributed by atoms with Gasteiger partial charge in [-0.2, -0.15) is 5.26 Å². The van der Waals surface area contributed by atoms with Gasteiger partial charge < -0.3 is 10.5 Å². The Hall–Kier alpha value is -2.38. The first-order valence-corrected chi connectivity index (χ1v) is 6.33. The summed E-state index contributed by atoms with van der Waals surface area (Å²) < 4.78 is 19.1. The number of hydrogen-bond acceptors (Lipinski definition) is 3. The zero-order chi connectivity index (χ0) is 14.4. The maximum Gasteiger partial charge on any atom is 0.129 e. The number of nitrogens with zero attached hydrogens (tertiary/aromatic N) is 1. The molecule has 4 heteroatoms. The number of nitrogens with two attached hydrogens (primary N) is 1. The van der Waals surface area contributed by atoms with Gasteiger partial charge in [-0.1, -0.05) is 12.1 Å². The zero-order valence-corrected chi connectivity index (χ0v) is 11.0. The van der Waals surface area contributed by atoms with E-state index in [4.69, 9.17) is 15.7 Å². The van der Waals surface area contributed by atoms with E-state index in [-0.39, 0.29) is 12.4 Å². The minimum Gasteiger partial charge on any atom is -0.489 e. The third-order valence-electron chi connectivity index (χ3n) is 2.93. The monoisotopic (exact) mass is 270 g/mol. The lowest BCUT2D eigenvalue weighted by Crippen LogP contribution is -2.03. The van der Waals surface area contributed by atoms with Crippen molar-refractivity contribution in [1.82, 2.24) is 0 Å². The van der Waals surface area contributed by atoms with Crippen LogP contribution in [0.25, 0.3) is 0 Å². The van der Waals surface area contributed by atoms with Crippen molar-refractivity contribution in [3.63, 3.8) is 0 Å². The molecule has 0 aliphatic carbocycles. The van der Waals surface area contributed by atoms with Gasteiger partial charge >= 0.3 is 0 Å². The van der Waals surface area contributed by atoms with Gasteiger partial charge in [0.1, 0.15) is 18.2 Å². The lowest BCUT2D eigenvalue weighted by atomic mass is 10.1. The van der Waals surface area contributed by atoms with Gasteiger partial charge in [-0.3, -0.25) is 0 Å².